The van der Waals surface area contributed by atoms with Crippen LogP contribution in [0.15, 0.2) is 18.2 Å². The first-order valence-electron chi connectivity index (χ1n) is 4.27. The Morgan fingerprint density at radius 3 is 2.79 bits per heavy atom. The van der Waals surface area contributed by atoms with Crippen molar-refractivity contribution in [1.82, 2.24) is 0 Å². The van der Waals surface area contributed by atoms with Crippen LogP contribution >= 0.6 is 0 Å². The molecular formula is C11H12O3. The first-order valence-corrected chi connectivity index (χ1v) is 4.27. The second kappa shape index (κ2) is 5.15. The number of aliphatic hydroxyl groups is 1. The van der Waals surface area contributed by atoms with E-state index >= 15 is 0 Å². The van der Waals surface area contributed by atoms with Crippen LogP contribution in [0, 0.1) is 12.3 Å². The van der Waals surface area contributed by atoms with Gasteiger partial charge in [-0.1, -0.05) is 6.07 Å². The quantitative estimate of drug-likeness (QED) is 0.558. The third-order valence-corrected chi connectivity index (χ3v) is 1.71. The molecule has 0 aliphatic carbocycles. The minimum absolute atomic E-state index is 0.0218. The van der Waals surface area contributed by atoms with Crippen LogP contribution in [-0.2, 0) is 6.61 Å². The highest BCUT2D eigenvalue weighted by Crippen LogP contribution is 2.26. The molecule has 0 aromatic heterocycles. The summed E-state index contributed by atoms with van der Waals surface area (Å²) in [5.74, 6) is 2.84. The van der Waals surface area contributed by atoms with Crippen molar-refractivity contribution in [1.29, 1.82) is 0 Å². The van der Waals surface area contributed by atoms with Gasteiger partial charge in [0.2, 0.25) is 0 Å². The maximum atomic E-state index is 9.43. The van der Waals surface area contributed by atoms with Crippen LogP contribution in [0.1, 0.15) is 12.0 Å². The number of phenols is 1. The molecule has 0 amide bonds. The molecule has 1 rings (SSSR count). The predicted octanol–water partition coefficient (Wildman–Crippen LogP) is 1.29. The Bertz CT molecular complexity index is 339. The number of aromatic hydroxyl groups is 1. The average Bonchev–Trinajstić information content (AvgIpc) is 2.20. The standard InChI is InChI=1S/C11H12O3/c1-2-3-6-14-11-5-4-9(8-12)7-10(11)13/h1,4-5,7,12-13H,3,6,8H2. The molecule has 0 bridgehead atoms. The third kappa shape index (κ3) is 2.68. The van der Waals surface area contributed by atoms with Gasteiger partial charge in [0, 0.05) is 6.42 Å². The van der Waals surface area contributed by atoms with Gasteiger partial charge in [-0.15, -0.1) is 12.3 Å². The van der Waals surface area contributed by atoms with Gasteiger partial charge in [-0.2, -0.15) is 0 Å². The summed E-state index contributed by atoms with van der Waals surface area (Å²) in [6, 6.07) is 4.76. The average molecular weight is 192 g/mol. The van der Waals surface area contributed by atoms with Gasteiger partial charge in [-0.3, -0.25) is 0 Å². The fraction of sp³-hybridized carbons (Fsp3) is 0.273. The van der Waals surface area contributed by atoms with Gasteiger partial charge in [-0.25, -0.2) is 0 Å². The normalized spacial score (nSPS) is 9.43. The predicted molar refractivity (Wildman–Crippen MR) is 53.0 cm³/mol. The lowest BCUT2D eigenvalue weighted by Crippen LogP contribution is -1.96. The zero-order chi connectivity index (χ0) is 10.4. The summed E-state index contributed by atoms with van der Waals surface area (Å²) in [5, 5.41) is 18.2. The first-order chi connectivity index (χ1) is 6.77. The SMILES string of the molecule is C#CCCOc1ccc(CO)cc1O. The van der Waals surface area contributed by atoms with Gasteiger partial charge in [-0.05, 0) is 17.7 Å². The van der Waals surface area contributed by atoms with Crippen molar-refractivity contribution in [3.8, 4) is 23.8 Å². The van der Waals surface area contributed by atoms with E-state index in [1.807, 2.05) is 0 Å². The zero-order valence-electron chi connectivity index (χ0n) is 7.73. The molecule has 0 fully saturated rings. The molecule has 0 radical (unpaired) electrons. The Labute approximate surface area is 83.0 Å². The zero-order valence-corrected chi connectivity index (χ0v) is 7.73. The number of phenolic OH excluding ortho intramolecular Hbond substituents is 1. The van der Waals surface area contributed by atoms with Crippen LogP contribution in [0.5, 0.6) is 11.5 Å². The summed E-state index contributed by atoms with van der Waals surface area (Å²) < 4.78 is 5.20. The van der Waals surface area contributed by atoms with E-state index in [4.69, 9.17) is 16.3 Å². The van der Waals surface area contributed by atoms with Gasteiger partial charge < -0.3 is 14.9 Å². The van der Waals surface area contributed by atoms with E-state index in [0.29, 0.717) is 24.3 Å². The highest BCUT2D eigenvalue weighted by Gasteiger charge is 2.02. The largest absolute Gasteiger partial charge is 0.504 e. The molecule has 3 nitrogen and oxygen atoms in total. The molecule has 0 spiro atoms. The molecule has 0 aliphatic heterocycles. The fourth-order valence-electron chi connectivity index (χ4n) is 1.00. The summed E-state index contributed by atoms with van der Waals surface area (Å²) in [7, 11) is 0. The van der Waals surface area contributed by atoms with Gasteiger partial charge in [0.05, 0.1) is 13.2 Å². The number of benzene rings is 1. The van der Waals surface area contributed by atoms with Crippen molar-refractivity contribution in [2.24, 2.45) is 0 Å². The minimum Gasteiger partial charge on any atom is -0.504 e. The maximum absolute atomic E-state index is 9.43. The summed E-state index contributed by atoms with van der Waals surface area (Å²) in [6.45, 7) is 0.278. The van der Waals surface area contributed by atoms with E-state index in [2.05, 4.69) is 5.92 Å². The lowest BCUT2D eigenvalue weighted by atomic mass is 10.2. The van der Waals surface area contributed by atoms with Crippen LogP contribution in [-0.4, -0.2) is 16.8 Å². The second-order valence-corrected chi connectivity index (χ2v) is 2.76. The molecule has 0 heterocycles. The molecule has 0 saturated heterocycles. The van der Waals surface area contributed by atoms with Crippen LogP contribution in [0.4, 0.5) is 0 Å². The second-order valence-electron chi connectivity index (χ2n) is 2.76. The number of hydrogen-bond donors (Lipinski definition) is 2. The molecule has 1 aromatic carbocycles. The van der Waals surface area contributed by atoms with Gasteiger partial charge in [0.1, 0.15) is 0 Å². The van der Waals surface area contributed by atoms with Crippen molar-refractivity contribution >= 4 is 0 Å². The van der Waals surface area contributed by atoms with Crippen LogP contribution in [0.2, 0.25) is 0 Å². The molecule has 0 unspecified atom stereocenters. The van der Waals surface area contributed by atoms with E-state index in [9.17, 15) is 5.11 Å². The Kier molecular flexibility index (Phi) is 3.84. The molecule has 2 N–H and O–H groups in total. The topological polar surface area (TPSA) is 49.7 Å². The van der Waals surface area contributed by atoms with Crippen molar-refractivity contribution in [2.75, 3.05) is 6.61 Å². The van der Waals surface area contributed by atoms with E-state index in [1.54, 1.807) is 12.1 Å². The van der Waals surface area contributed by atoms with Crippen LogP contribution < -0.4 is 4.74 Å². The lowest BCUT2D eigenvalue weighted by Gasteiger charge is -2.07. The number of rotatable bonds is 4. The summed E-state index contributed by atoms with van der Waals surface area (Å²) in [6.07, 6.45) is 5.55. The van der Waals surface area contributed by atoms with Crippen molar-refractivity contribution in [3.05, 3.63) is 23.8 Å². The van der Waals surface area contributed by atoms with E-state index < -0.39 is 0 Å². The number of hydrogen-bond acceptors (Lipinski definition) is 3. The molecule has 0 saturated carbocycles. The van der Waals surface area contributed by atoms with Crippen molar-refractivity contribution in [3.63, 3.8) is 0 Å². The van der Waals surface area contributed by atoms with Crippen LogP contribution in [0.25, 0.3) is 0 Å². The van der Waals surface area contributed by atoms with E-state index in [-0.39, 0.29) is 12.4 Å². The first kappa shape index (κ1) is 10.4. The summed E-state index contributed by atoms with van der Waals surface area (Å²) in [5.41, 5.74) is 0.645. The Morgan fingerprint density at radius 2 is 2.21 bits per heavy atom. The van der Waals surface area contributed by atoms with Crippen molar-refractivity contribution < 1.29 is 14.9 Å². The highest BCUT2D eigenvalue weighted by atomic mass is 16.5. The number of aliphatic hydroxyl groups excluding tert-OH is 1. The number of terminal acetylenes is 1. The Morgan fingerprint density at radius 1 is 1.43 bits per heavy atom. The van der Waals surface area contributed by atoms with Gasteiger partial charge >= 0.3 is 0 Å². The maximum Gasteiger partial charge on any atom is 0.160 e. The summed E-state index contributed by atoms with van der Waals surface area (Å²) in [4.78, 5) is 0. The smallest absolute Gasteiger partial charge is 0.160 e. The lowest BCUT2D eigenvalue weighted by molar-refractivity contribution is 0.279. The van der Waals surface area contributed by atoms with E-state index in [0.717, 1.165) is 0 Å². The number of ether oxygens (including phenoxy) is 1. The molecule has 74 valence electrons. The molecular weight excluding hydrogens is 180 g/mol. The minimum atomic E-state index is -0.0990. The van der Waals surface area contributed by atoms with Crippen molar-refractivity contribution in [2.45, 2.75) is 13.0 Å². The van der Waals surface area contributed by atoms with E-state index in [1.165, 1.54) is 6.07 Å². The Balaban J connectivity index is 2.65. The third-order valence-electron chi connectivity index (χ3n) is 1.71. The molecule has 1 aromatic rings. The highest BCUT2D eigenvalue weighted by molar-refractivity contribution is 5.41. The monoisotopic (exact) mass is 192 g/mol. The summed E-state index contributed by atoms with van der Waals surface area (Å²) >= 11 is 0. The molecule has 3 heteroatoms. The van der Waals surface area contributed by atoms with Crippen LogP contribution in [0.3, 0.4) is 0 Å². The Hall–Kier alpha value is -1.66. The van der Waals surface area contributed by atoms with Gasteiger partial charge in [0.25, 0.3) is 0 Å². The molecule has 0 atom stereocenters. The van der Waals surface area contributed by atoms with Gasteiger partial charge in [0.15, 0.2) is 11.5 Å². The molecule has 14 heavy (non-hydrogen) atoms. The fourth-order valence-corrected chi connectivity index (χ4v) is 1.00. The molecule has 0 aliphatic rings.